The Labute approximate surface area is 97.7 Å². The Morgan fingerprint density at radius 3 is 2.38 bits per heavy atom. The molecule has 1 N–H and O–H groups in total. The number of nitrogens with one attached hydrogen (secondary N) is 1. The molecule has 92 valence electrons. The highest BCUT2D eigenvalue weighted by atomic mass is 32.1. The quantitative estimate of drug-likeness (QED) is 0.853. The van der Waals surface area contributed by atoms with E-state index in [2.05, 4.69) is 5.32 Å². The second-order valence-corrected chi connectivity index (χ2v) is 5.12. The van der Waals surface area contributed by atoms with E-state index in [0.717, 1.165) is 4.88 Å². The molecule has 0 radical (unpaired) electrons. The zero-order valence-corrected chi connectivity index (χ0v) is 10.4. The van der Waals surface area contributed by atoms with Gasteiger partial charge < -0.3 is 5.32 Å². The lowest BCUT2D eigenvalue weighted by atomic mass is 10.1. The van der Waals surface area contributed by atoms with Gasteiger partial charge in [0, 0.05) is 9.75 Å². The molecule has 0 fully saturated rings. The van der Waals surface area contributed by atoms with Crippen LogP contribution in [0.4, 0.5) is 13.2 Å². The summed E-state index contributed by atoms with van der Waals surface area (Å²) in [4.78, 5) is 1.30. The molecule has 0 aromatic carbocycles. The highest BCUT2D eigenvalue weighted by Crippen LogP contribution is 2.38. The molecule has 1 aromatic rings. The van der Waals surface area contributed by atoms with Gasteiger partial charge in [-0.25, -0.2) is 0 Å². The molecule has 0 spiro atoms. The van der Waals surface area contributed by atoms with Crippen LogP contribution in [0.3, 0.4) is 0 Å². The molecule has 1 atom stereocenters. The molecule has 1 unspecified atom stereocenters. The molecule has 5 heteroatoms. The summed E-state index contributed by atoms with van der Waals surface area (Å²) in [6, 6.07) is 0.276. The Hall–Kier alpha value is -0.550. The molecule has 0 aliphatic heterocycles. The molecule has 0 aliphatic carbocycles. The standard InChI is InChI=1S/C11H16F3NS/c1-4-5-15-10(11(12,13)14)9-7(2)6-8(3)16-9/h6,10,15H,4-5H2,1-3H3. The smallest absolute Gasteiger partial charge is 0.302 e. The van der Waals surface area contributed by atoms with E-state index in [0.29, 0.717) is 23.4 Å². The summed E-state index contributed by atoms with van der Waals surface area (Å²) in [5.74, 6) is 0. The average Bonchev–Trinajstić information content (AvgIpc) is 2.44. The SMILES string of the molecule is CCCNC(c1sc(C)cc1C)C(F)(F)F. The molecule has 0 saturated heterocycles. The Morgan fingerprint density at radius 2 is 2.00 bits per heavy atom. The van der Waals surface area contributed by atoms with Crippen molar-refractivity contribution in [3.63, 3.8) is 0 Å². The number of halogens is 3. The maximum Gasteiger partial charge on any atom is 0.408 e. The van der Waals surface area contributed by atoms with E-state index < -0.39 is 12.2 Å². The lowest BCUT2D eigenvalue weighted by Crippen LogP contribution is -2.34. The van der Waals surface area contributed by atoms with Crippen LogP contribution < -0.4 is 5.32 Å². The molecule has 1 aromatic heterocycles. The highest BCUT2D eigenvalue weighted by Gasteiger charge is 2.41. The molecule has 0 aliphatic rings. The van der Waals surface area contributed by atoms with E-state index in [-0.39, 0.29) is 0 Å². The van der Waals surface area contributed by atoms with Crippen molar-refractivity contribution in [3.8, 4) is 0 Å². The zero-order chi connectivity index (χ0) is 12.3. The van der Waals surface area contributed by atoms with E-state index in [9.17, 15) is 13.2 Å². The first-order valence-corrected chi connectivity index (χ1v) is 6.05. The van der Waals surface area contributed by atoms with Gasteiger partial charge in [0.2, 0.25) is 0 Å². The van der Waals surface area contributed by atoms with Crippen molar-refractivity contribution in [2.24, 2.45) is 0 Å². The first kappa shape index (κ1) is 13.5. The van der Waals surface area contributed by atoms with Gasteiger partial charge in [-0.05, 0) is 38.4 Å². The van der Waals surface area contributed by atoms with E-state index in [1.807, 2.05) is 13.8 Å². The summed E-state index contributed by atoms with van der Waals surface area (Å²) in [5.41, 5.74) is 0.716. The topological polar surface area (TPSA) is 12.0 Å². The molecular weight excluding hydrogens is 235 g/mol. The van der Waals surface area contributed by atoms with Gasteiger partial charge in [0.1, 0.15) is 6.04 Å². The van der Waals surface area contributed by atoms with Gasteiger partial charge in [0.15, 0.2) is 0 Å². The number of hydrogen-bond acceptors (Lipinski definition) is 2. The summed E-state index contributed by atoms with van der Waals surface area (Å²) in [5, 5.41) is 2.57. The third kappa shape index (κ3) is 3.22. The molecule has 16 heavy (non-hydrogen) atoms. The Bertz CT molecular complexity index is 343. The van der Waals surface area contributed by atoms with E-state index in [4.69, 9.17) is 0 Å². The first-order valence-electron chi connectivity index (χ1n) is 5.23. The van der Waals surface area contributed by atoms with Crippen LogP contribution in [0.25, 0.3) is 0 Å². The van der Waals surface area contributed by atoms with Crippen LogP contribution in [0.5, 0.6) is 0 Å². The Kier molecular flexibility index (Phi) is 4.38. The minimum absolute atomic E-state index is 0.376. The van der Waals surface area contributed by atoms with E-state index >= 15 is 0 Å². The summed E-state index contributed by atoms with van der Waals surface area (Å²) >= 11 is 1.22. The van der Waals surface area contributed by atoms with Crippen LogP contribution in [-0.2, 0) is 0 Å². The lowest BCUT2D eigenvalue weighted by molar-refractivity contribution is -0.157. The van der Waals surface area contributed by atoms with Gasteiger partial charge >= 0.3 is 6.18 Å². The molecule has 1 rings (SSSR count). The maximum atomic E-state index is 12.9. The van der Waals surface area contributed by atoms with Gasteiger partial charge in [0.25, 0.3) is 0 Å². The number of hydrogen-bond donors (Lipinski definition) is 1. The minimum atomic E-state index is -4.22. The maximum absolute atomic E-state index is 12.9. The first-order chi connectivity index (χ1) is 7.36. The fourth-order valence-corrected chi connectivity index (χ4v) is 2.73. The fraction of sp³-hybridized carbons (Fsp3) is 0.636. The third-order valence-electron chi connectivity index (χ3n) is 2.27. The summed E-state index contributed by atoms with van der Waals surface area (Å²) in [6.07, 6.45) is -3.53. The summed E-state index contributed by atoms with van der Waals surface area (Å²) < 4.78 is 38.6. The third-order valence-corrected chi connectivity index (χ3v) is 3.48. The zero-order valence-electron chi connectivity index (χ0n) is 9.61. The van der Waals surface area contributed by atoms with Gasteiger partial charge in [-0.2, -0.15) is 13.2 Å². The van der Waals surface area contributed by atoms with Gasteiger partial charge in [-0.15, -0.1) is 11.3 Å². The largest absolute Gasteiger partial charge is 0.408 e. The van der Waals surface area contributed by atoms with Crippen molar-refractivity contribution in [1.82, 2.24) is 5.32 Å². The van der Waals surface area contributed by atoms with Crippen LogP contribution >= 0.6 is 11.3 Å². The van der Waals surface area contributed by atoms with Crippen molar-refractivity contribution in [2.45, 2.75) is 39.4 Å². The second kappa shape index (κ2) is 5.19. The van der Waals surface area contributed by atoms with Crippen molar-refractivity contribution < 1.29 is 13.2 Å². The van der Waals surface area contributed by atoms with Gasteiger partial charge in [-0.3, -0.25) is 0 Å². The second-order valence-electron chi connectivity index (χ2n) is 3.83. The van der Waals surface area contributed by atoms with Crippen LogP contribution in [0, 0.1) is 13.8 Å². The number of aryl methyl sites for hydroxylation is 2. The van der Waals surface area contributed by atoms with Crippen molar-refractivity contribution >= 4 is 11.3 Å². The molecular formula is C11H16F3NS. The van der Waals surface area contributed by atoms with Crippen molar-refractivity contribution in [1.29, 1.82) is 0 Å². The van der Waals surface area contributed by atoms with Gasteiger partial charge in [0.05, 0.1) is 0 Å². The lowest BCUT2D eigenvalue weighted by Gasteiger charge is -2.21. The van der Waals surface area contributed by atoms with E-state index in [1.165, 1.54) is 11.3 Å². The molecule has 0 amide bonds. The van der Waals surface area contributed by atoms with Crippen LogP contribution in [0.1, 0.15) is 34.7 Å². The number of thiophene rings is 1. The summed E-state index contributed by atoms with van der Waals surface area (Å²) in [7, 11) is 0. The highest BCUT2D eigenvalue weighted by molar-refractivity contribution is 7.12. The Morgan fingerprint density at radius 1 is 1.38 bits per heavy atom. The number of alkyl halides is 3. The number of rotatable bonds is 4. The fourth-order valence-electron chi connectivity index (χ4n) is 1.59. The van der Waals surface area contributed by atoms with E-state index in [1.54, 1.807) is 13.0 Å². The predicted octanol–water partition coefficient (Wildman–Crippen LogP) is 3.97. The minimum Gasteiger partial charge on any atom is -0.302 e. The molecule has 1 nitrogen and oxygen atoms in total. The van der Waals surface area contributed by atoms with Crippen LogP contribution in [-0.4, -0.2) is 12.7 Å². The summed E-state index contributed by atoms with van der Waals surface area (Å²) in [6.45, 7) is 5.78. The normalized spacial score (nSPS) is 14.1. The molecule has 1 heterocycles. The van der Waals surface area contributed by atoms with Crippen molar-refractivity contribution in [3.05, 3.63) is 21.4 Å². The van der Waals surface area contributed by atoms with Gasteiger partial charge in [-0.1, -0.05) is 6.92 Å². The monoisotopic (exact) mass is 251 g/mol. The Balaban J connectivity index is 2.96. The molecule has 0 saturated carbocycles. The van der Waals surface area contributed by atoms with Crippen molar-refractivity contribution in [2.75, 3.05) is 6.54 Å². The average molecular weight is 251 g/mol. The van der Waals surface area contributed by atoms with Crippen LogP contribution in [0.2, 0.25) is 0 Å². The molecule has 0 bridgehead atoms. The van der Waals surface area contributed by atoms with Crippen LogP contribution in [0.15, 0.2) is 6.07 Å². The predicted molar refractivity (Wildman–Crippen MR) is 60.9 cm³/mol.